The molecule has 0 saturated heterocycles. The molecule has 1 N–H and O–H groups in total. The zero-order valence-electron chi connectivity index (χ0n) is 11.8. The number of rotatable bonds is 9. The summed E-state index contributed by atoms with van der Waals surface area (Å²) < 4.78 is 12.1. The second-order valence-corrected chi connectivity index (χ2v) is 7.72. The van der Waals surface area contributed by atoms with E-state index in [2.05, 4.69) is 25.8 Å². The summed E-state index contributed by atoms with van der Waals surface area (Å²) in [6.45, 7) is 7.89. The van der Waals surface area contributed by atoms with E-state index < -0.39 is 8.72 Å². The lowest BCUT2D eigenvalue weighted by atomic mass is 10.3. The fraction of sp³-hybridized carbons (Fsp3) is 1.00. The first kappa shape index (κ1) is 15.2. The number of nitrogens with one attached hydrogen (secondary N) is 1. The van der Waals surface area contributed by atoms with Crippen molar-refractivity contribution in [2.45, 2.75) is 71.4 Å². The zero-order valence-corrected chi connectivity index (χ0v) is 12.8. The topological polar surface area (TPSA) is 30.5 Å². The van der Waals surface area contributed by atoms with Gasteiger partial charge in [-0.25, -0.2) is 0 Å². The molecular formula is C13H29NO2Si. The Balaban J connectivity index is 2.57. The van der Waals surface area contributed by atoms with E-state index in [1.165, 1.54) is 38.5 Å². The first-order valence-corrected chi connectivity index (χ1v) is 9.34. The molecular weight excluding hydrogens is 230 g/mol. The Labute approximate surface area is 108 Å². The van der Waals surface area contributed by atoms with Crippen molar-refractivity contribution in [1.29, 1.82) is 0 Å². The maximum absolute atomic E-state index is 6.04. The van der Waals surface area contributed by atoms with Crippen LogP contribution in [0.5, 0.6) is 0 Å². The van der Waals surface area contributed by atoms with E-state index in [0.717, 1.165) is 19.3 Å². The molecule has 0 unspecified atom stereocenters. The quantitative estimate of drug-likeness (QED) is 0.644. The molecule has 0 aliphatic heterocycles. The third-order valence-electron chi connectivity index (χ3n) is 3.39. The minimum Gasteiger partial charge on any atom is -0.383 e. The van der Waals surface area contributed by atoms with Gasteiger partial charge in [-0.15, -0.1) is 0 Å². The minimum absolute atomic E-state index is 0.636. The van der Waals surface area contributed by atoms with Gasteiger partial charge in [0.15, 0.2) is 0 Å². The van der Waals surface area contributed by atoms with E-state index in [1.54, 1.807) is 0 Å². The van der Waals surface area contributed by atoms with E-state index in [9.17, 15) is 0 Å². The van der Waals surface area contributed by atoms with Crippen LogP contribution in [0, 0.1) is 0 Å². The SMILES string of the molecule is CCCC[Si](NC1CCCC1)(OCC)OCC. The minimum atomic E-state index is -2.13. The Morgan fingerprint density at radius 2 is 1.65 bits per heavy atom. The fourth-order valence-electron chi connectivity index (χ4n) is 2.60. The van der Waals surface area contributed by atoms with Crippen LogP contribution in [0.3, 0.4) is 0 Å². The van der Waals surface area contributed by atoms with Crippen molar-refractivity contribution in [1.82, 2.24) is 4.98 Å². The molecule has 0 spiro atoms. The lowest BCUT2D eigenvalue weighted by Gasteiger charge is -2.33. The number of hydrogen-bond donors (Lipinski definition) is 1. The molecule has 3 nitrogen and oxygen atoms in total. The van der Waals surface area contributed by atoms with E-state index in [4.69, 9.17) is 8.85 Å². The lowest BCUT2D eigenvalue weighted by Crippen LogP contribution is -2.59. The molecule has 102 valence electrons. The summed E-state index contributed by atoms with van der Waals surface area (Å²) in [6.07, 6.45) is 7.71. The lowest BCUT2D eigenvalue weighted by molar-refractivity contribution is 0.165. The second-order valence-electron chi connectivity index (χ2n) is 4.85. The molecule has 1 fully saturated rings. The van der Waals surface area contributed by atoms with Crippen LogP contribution in [0.2, 0.25) is 6.04 Å². The average Bonchev–Trinajstić information content (AvgIpc) is 2.80. The fourth-order valence-corrected chi connectivity index (χ4v) is 5.94. The molecule has 0 bridgehead atoms. The monoisotopic (exact) mass is 259 g/mol. The molecule has 0 radical (unpaired) electrons. The molecule has 17 heavy (non-hydrogen) atoms. The van der Waals surface area contributed by atoms with Gasteiger partial charge in [0.25, 0.3) is 0 Å². The molecule has 0 aromatic carbocycles. The summed E-state index contributed by atoms with van der Waals surface area (Å²) in [5.41, 5.74) is 0. The summed E-state index contributed by atoms with van der Waals surface area (Å²) in [5, 5.41) is 0. The van der Waals surface area contributed by atoms with Crippen LogP contribution in [0.4, 0.5) is 0 Å². The van der Waals surface area contributed by atoms with Crippen LogP contribution in [0.1, 0.15) is 59.3 Å². The summed E-state index contributed by atoms with van der Waals surface area (Å²) in [7, 11) is -2.13. The third-order valence-corrected chi connectivity index (χ3v) is 6.76. The maximum Gasteiger partial charge on any atom is 0.425 e. The molecule has 0 amide bonds. The van der Waals surface area contributed by atoms with E-state index in [0.29, 0.717) is 6.04 Å². The molecule has 0 aromatic rings. The zero-order chi connectivity index (χ0) is 12.6. The molecule has 1 saturated carbocycles. The second kappa shape index (κ2) is 8.24. The van der Waals surface area contributed by atoms with E-state index >= 15 is 0 Å². The van der Waals surface area contributed by atoms with Crippen LogP contribution in [0.15, 0.2) is 0 Å². The normalized spacial score (nSPS) is 17.8. The molecule has 1 rings (SSSR count). The Morgan fingerprint density at radius 1 is 1.06 bits per heavy atom. The van der Waals surface area contributed by atoms with Crippen molar-refractivity contribution in [3.8, 4) is 0 Å². The molecule has 0 aromatic heterocycles. The van der Waals surface area contributed by atoms with Crippen LogP contribution in [-0.2, 0) is 8.85 Å². The van der Waals surface area contributed by atoms with Crippen LogP contribution in [0.25, 0.3) is 0 Å². The Kier molecular flexibility index (Phi) is 7.35. The summed E-state index contributed by atoms with van der Waals surface area (Å²) in [5.74, 6) is 0. The predicted octanol–water partition coefficient (Wildman–Crippen LogP) is 3.33. The van der Waals surface area contributed by atoms with Crippen molar-refractivity contribution in [2.24, 2.45) is 0 Å². The Hall–Kier alpha value is 0.0969. The smallest absolute Gasteiger partial charge is 0.383 e. The van der Waals surface area contributed by atoms with Gasteiger partial charge in [0.1, 0.15) is 0 Å². The van der Waals surface area contributed by atoms with Gasteiger partial charge in [0.2, 0.25) is 0 Å². The first-order chi connectivity index (χ1) is 8.26. The van der Waals surface area contributed by atoms with Gasteiger partial charge in [-0.05, 0) is 26.7 Å². The van der Waals surface area contributed by atoms with Crippen molar-refractivity contribution < 1.29 is 8.85 Å². The largest absolute Gasteiger partial charge is 0.425 e. The van der Waals surface area contributed by atoms with Gasteiger partial charge in [-0.3, -0.25) is 4.98 Å². The summed E-state index contributed by atoms with van der Waals surface area (Å²) in [4.78, 5) is 3.76. The molecule has 1 aliphatic carbocycles. The van der Waals surface area contributed by atoms with Crippen molar-refractivity contribution in [2.75, 3.05) is 13.2 Å². The van der Waals surface area contributed by atoms with E-state index in [1.807, 2.05) is 0 Å². The average molecular weight is 259 g/mol. The van der Waals surface area contributed by atoms with Gasteiger partial charge in [0.05, 0.1) is 0 Å². The van der Waals surface area contributed by atoms with Gasteiger partial charge < -0.3 is 8.85 Å². The summed E-state index contributed by atoms with van der Waals surface area (Å²) in [6, 6.07) is 1.72. The van der Waals surface area contributed by atoms with Crippen molar-refractivity contribution in [3.63, 3.8) is 0 Å². The van der Waals surface area contributed by atoms with Gasteiger partial charge in [-0.2, -0.15) is 0 Å². The van der Waals surface area contributed by atoms with E-state index in [-0.39, 0.29) is 0 Å². The first-order valence-electron chi connectivity index (χ1n) is 7.32. The third kappa shape index (κ3) is 5.08. The highest BCUT2D eigenvalue weighted by molar-refractivity contribution is 6.64. The highest BCUT2D eigenvalue weighted by atomic mass is 28.4. The van der Waals surface area contributed by atoms with Crippen molar-refractivity contribution in [3.05, 3.63) is 0 Å². The highest BCUT2D eigenvalue weighted by Crippen LogP contribution is 2.23. The van der Waals surface area contributed by atoms with Crippen LogP contribution < -0.4 is 4.98 Å². The van der Waals surface area contributed by atoms with Crippen LogP contribution >= 0.6 is 0 Å². The van der Waals surface area contributed by atoms with Crippen LogP contribution in [-0.4, -0.2) is 28.0 Å². The van der Waals surface area contributed by atoms with Crippen molar-refractivity contribution >= 4 is 8.72 Å². The van der Waals surface area contributed by atoms with Gasteiger partial charge >= 0.3 is 8.72 Å². The maximum atomic E-state index is 6.04. The number of unbranched alkanes of at least 4 members (excludes halogenated alkanes) is 1. The van der Waals surface area contributed by atoms with Gasteiger partial charge in [0, 0.05) is 25.3 Å². The molecule has 0 atom stereocenters. The Morgan fingerprint density at radius 3 is 2.12 bits per heavy atom. The number of hydrogen-bond acceptors (Lipinski definition) is 3. The predicted molar refractivity (Wildman–Crippen MR) is 74.1 cm³/mol. The summed E-state index contributed by atoms with van der Waals surface area (Å²) >= 11 is 0. The molecule has 1 aliphatic rings. The molecule has 4 heteroatoms. The highest BCUT2D eigenvalue weighted by Gasteiger charge is 2.39. The molecule has 0 heterocycles. The van der Waals surface area contributed by atoms with Gasteiger partial charge in [-0.1, -0.05) is 32.6 Å². The standard InChI is InChI=1S/C13H29NO2Si/c1-4-7-12-17(15-5-2,16-6-3)14-13-10-8-9-11-13/h13-14H,4-12H2,1-3H3. The Bertz CT molecular complexity index is 190.